The summed E-state index contributed by atoms with van der Waals surface area (Å²) in [6, 6.07) is 5.40. The lowest BCUT2D eigenvalue weighted by Crippen LogP contribution is -2.35. The highest BCUT2D eigenvalue weighted by Gasteiger charge is 2.22. The number of hydrogen-bond acceptors (Lipinski definition) is 3. The molecule has 3 heteroatoms. The van der Waals surface area contributed by atoms with Gasteiger partial charge in [0.15, 0.2) is 0 Å². The molecule has 2 atom stereocenters. The highest BCUT2D eigenvalue weighted by molar-refractivity contribution is 7.99. The summed E-state index contributed by atoms with van der Waals surface area (Å²) in [5.41, 5.74) is 1.36. The molecule has 1 aromatic rings. The van der Waals surface area contributed by atoms with Gasteiger partial charge in [-0.1, -0.05) is 13.8 Å². The number of nitrogens with zero attached hydrogens (tertiary/aromatic N) is 1. The summed E-state index contributed by atoms with van der Waals surface area (Å²) in [4.78, 5) is 4.09. The first-order chi connectivity index (χ1) is 7.77. The molecule has 0 aliphatic carbocycles. The van der Waals surface area contributed by atoms with Gasteiger partial charge in [0.1, 0.15) is 0 Å². The second-order valence-electron chi connectivity index (χ2n) is 4.73. The van der Waals surface area contributed by atoms with Gasteiger partial charge in [0.2, 0.25) is 0 Å². The molecule has 16 heavy (non-hydrogen) atoms. The Labute approximate surface area is 102 Å². The fraction of sp³-hybridized carbons (Fsp3) is 0.615. The topological polar surface area (TPSA) is 24.9 Å². The quantitative estimate of drug-likeness (QED) is 0.870. The first-order valence-corrected chi connectivity index (χ1v) is 7.16. The van der Waals surface area contributed by atoms with Crippen molar-refractivity contribution in [2.75, 3.05) is 11.5 Å². The summed E-state index contributed by atoms with van der Waals surface area (Å²) in [6.45, 7) is 4.56. The molecule has 88 valence electrons. The molecule has 2 nitrogen and oxygen atoms in total. The predicted octanol–water partition coefficient (Wildman–Crippen LogP) is 2.87. The Bertz CT molecular complexity index is 307. The molecule has 0 aromatic carbocycles. The summed E-state index contributed by atoms with van der Waals surface area (Å²) < 4.78 is 0. The molecule has 0 bridgehead atoms. The van der Waals surface area contributed by atoms with E-state index in [2.05, 4.69) is 48.0 Å². The molecule has 2 heterocycles. The van der Waals surface area contributed by atoms with Crippen LogP contribution >= 0.6 is 11.8 Å². The normalized spacial score (nSPS) is 22.6. The molecule has 1 N–H and O–H groups in total. The van der Waals surface area contributed by atoms with Crippen LogP contribution in [-0.2, 0) is 0 Å². The van der Waals surface area contributed by atoms with Crippen LogP contribution in [0.15, 0.2) is 24.5 Å². The Kier molecular flexibility index (Phi) is 4.24. The minimum Gasteiger partial charge on any atom is -0.306 e. The number of pyridine rings is 1. The van der Waals surface area contributed by atoms with Crippen molar-refractivity contribution >= 4 is 11.8 Å². The van der Waals surface area contributed by atoms with Crippen molar-refractivity contribution in [2.24, 2.45) is 5.92 Å². The minimum absolute atomic E-state index is 0.465. The second-order valence-corrected chi connectivity index (χ2v) is 5.88. The first-order valence-electron chi connectivity index (χ1n) is 6.01. The number of rotatable bonds is 4. The number of thioether (sulfide) groups is 1. The Hall–Kier alpha value is -0.540. The first kappa shape index (κ1) is 11.9. The van der Waals surface area contributed by atoms with Crippen LogP contribution in [0.2, 0.25) is 0 Å². The highest BCUT2D eigenvalue weighted by Crippen LogP contribution is 2.25. The number of aromatic nitrogens is 1. The average Bonchev–Trinajstić information content (AvgIpc) is 2.79. The van der Waals surface area contributed by atoms with Crippen molar-refractivity contribution in [1.29, 1.82) is 0 Å². The van der Waals surface area contributed by atoms with Crippen LogP contribution in [0.25, 0.3) is 0 Å². The number of nitrogens with one attached hydrogen (secondary N) is 1. The largest absolute Gasteiger partial charge is 0.306 e. The molecule has 2 rings (SSSR count). The van der Waals surface area contributed by atoms with Crippen molar-refractivity contribution in [2.45, 2.75) is 32.4 Å². The zero-order chi connectivity index (χ0) is 11.4. The molecule has 0 radical (unpaired) electrons. The van der Waals surface area contributed by atoms with Crippen molar-refractivity contribution in [3.8, 4) is 0 Å². The molecule has 1 saturated heterocycles. The van der Waals surface area contributed by atoms with Crippen LogP contribution in [0.3, 0.4) is 0 Å². The molecule has 1 fully saturated rings. The smallest absolute Gasteiger partial charge is 0.0347 e. The van der Waals surface area contributed by atoms with E-state index in [9.17, 15) is 0 Å². The van der Waals surface area contributed by atoms with Crippen LogP contribution in [0.1, 0.15) is 31.9 Å². The van der Waals surface area contributed by atoms with Crippen LogP contribution in [0.4, 0.5) is 0 Å². The highest BCUT2D eigenvalue weighted by atomic mass is 32.2. The molecule has 0 amide bonds. The van der Waals surface area contributed by atoms with Gasteiger partial charge in [-0.3, -0.25) is 4.98 Å². The average molecular weight is 236 g/mol. The van der Waals surface area contributed by atoms with E-state index in [1.807, 2.05) is 12.4 Å². The Balaban J connectivity index is 2.05. The standard InChI is InChI=1S/C13H20N2S/c1-10(2)13(11-3-6-14-7-4-11)15-12-5-8-16-9-12/h3-4,6-7,10,12-13,15H,5,8-9H2,1-2H3. The molecular weight excluding hydrogens is 216 g/mol. The van der Waals surface area contributed by atoms with E-state index in [4.69, 9.17) is 0 Å². The summed E-state index contributed by atoms with van der Waals surface area (Å²) in [5, 5.41) is 3.78. The fourth-order valence-corrected chi connectivity index (χ4v) is 3.33. The van der Waals surface area contributed by atoms with Crippen molar-refractivity contribution in [1.82, 2.24) is 10.3 Å². The predicted molar refractivity (Wildman–Crippen MR) is 70.7 cm³/mol. The lowest BCUT2D eigenvalue weighted by Gasteiger charge is -2.26. The van der Waals surface area contributed by atoms with Crippen LogP contribution < -0.4 is 5.32 Å². The van der Waals surface area contributed by atoms with Gasteiger partial charge >= 0.3 is 0 Å². The maximum Gasteiger partial charge on any atom is 0.0347 e. The summed E-state index contributed by atoms with van der Waals surface area (Å²) in [6.07, 6.45) is 5.07. The van der Waals surface area contributed by atoms with Gasteiger partial charge in [-0.05, 0) is 35.8 Å². The molecule has 0 saturated carbocycles. The third kappa shape index (κ3) is 2.98. The SMILES string of the molecule is CC(C)C(NC1CCSC1)c1ccncc1. The molecular formula is C13H20N2S. The van der Waals surface area contributed by atoms with E-state index >= 15 is 0 Å². The van der Waals surface area contributed by atoms with E-state index < -0.39 is 0 Å². The van der Waals surface area contributed by atoms with E-state index in [1.165, 1.54) is 23.5 Å². The Morgan fingerprint density at radius 2 is 2.12 bits per heavy atom. The molecule has 1 aliphatic rings. The maximum atomic E-state index is 4.09. The third-order valence-electron chi connectivity index (χ3n) is 3.08. The van der Waals surface area contributed by atoms with Gasteiger partial charge in [0.05, 0.1) is 0 Å². The van der Waals surface area contributed by atoms with Gasteiger partial charge in [0.25, 0.3) is 0 Å². The summed E-state index contributed by atoms with van der Waals surface area (Å²) in [5.74, 6) is 3.18. The molecule has 2 unspecified atom stereocenters. The number of hydrogen-bond donors (Lipinski definition) is 1. The second kappa shape index (κ2) is 5.69. The summed E-state index contributed by atoms with van der Waals surface area (Å²) in [7, 11) is 0. The van der Waals surface area contributed by atoms with Crippen LogP contribution in [-0.4, -0.2) is 22.5 Å². The van der Waals surface area contributed by atoms with Gasteiger partial charge in [-0.2, -0.15) is 11.8 Å². The van der Waals surface area contributed by atoms with Gasteiger partial charge in [-0.15, -0.1) is 0 Å². The lowest BCUT2D eigenvalue weighted by molar-refractivity contribution is 0.372. The van der Waals surface area contributed by atoms with Gasteiger partial charge < -0.3 is 5.32 Å². The fourth-order valence-electron chi connectivity index (χ4n) is 2.16. The summed E-state index contributed by atoms with van der Waals surface area (Å²) >= 11 is 2.06. The molecule has 1 aliphatic heterocycles. The Morgan fingerprint density at radius 3 is 2.69 bits per heavy atom. The van der Waals surface area contributed by atoms with E-state index in [0.29, 0.717) is 18.0 Å². The molecule has 1 aromatic heterocycles. The third-order valence-corrected chi connectivity index (χ3v) is 4.24. The maximum absolute atomic E-state index is 4.09. The molecule has 0 spiro atoms. The Morgan fingerprint density at radius 1 is 1.38 bits per heavy atom. The van der Waals surface area contributed by atoms with Crippen LogP contribution in [0, 0.1) is 5.92 Å². The van der Waals surface area contributed by atoms with E-state index in [-0.39, 0.29) is 0 Å². The van der Waals surface area contributed by atoms with Crippen molar-refractivity contribution in [3.63, 3.8) is 0 Å². The van der Waals surface area contributed by atoms with E-state index in [0.717, 1.165) is 0 Å². The lowest BCUT2D eigenvalue weighted by atomic mass is 9.96. The van der Waals surface area contributed by atoms with Crippen molar-refractivity contribution < 1.29 is 0 Å². The van der Waals surface area contributed by atoms with Crippen molar-refractivity contribution in [3.05, 3.63) is 30.1 Å². The van der Waals surface area contributed by atoms with E-state index in [1.54, 1.807) is 0 Å². The van der Waals surface area contributed by atoms with Gasteiger partial charge in [-0.25, -0.2) is 0 Å². The monoisotopic (exact) mass is 236 g/mol. The minimum atomic E-state index is 0.465. The zero-order valence-corrected chi connectivity index (χ0v) is 10.8. The zero-order valence-electron chi connectivity index (χ0n) is 10.0. The van der Waals surface area contributed by atoms with Gasteiger partial charge in [0, 0.05) is 30.2 Å². The van der Waals surface area contributed by atoms with Crippen LogP contribution in [0.5, 0.6) is 0 Å².